The quantitative estimate of drug-likeness (QED) is 0.0342. The minimum atomic E-state index is -5.56. The Balaban J connectivity index is 1.84. The lowest BCUT2D eigenvalue weighted by Crippen LogP contribution is -2.70. The van der Waals surface area contributed by atoms with Gasteiger partial charge in [-0.25, -0.2) is 14.2 Å². The van der Waals surface area contributed by atoms with Crippen molar-refractivity contribution < 1.29 is 107 Å². The summed E-state index contributed by atoms with van der Waals surface area (Å²) in [5.74, 6) is -3.79. The third-order valence-electron chi connectivity index (χ3n) is 10.5. The maximum absolute atomic E-state index is 13.5. The summed E-state index contributed by atoms with van der Waals surface area (Å²) in [5.41, 5.74) is 20.3. The molecule has 17 atom stereocenters. The molecule has 26 nitrogen and oxygen atoms in total. The SMILES string of the molecule is CC(=O)NC1[C@H](O[C@@H]2C(OP(=O)(O)OCC(OCC=C(C)CCC=C(C)CCC=C(C)C)C(=O)O)OC(C(N)=O)C(O)[C@@H]2OC(N)=O)OC(CO[C@@H]2OC(CO)[C@@H](O)[C@H](O)C2O)[C@@H](O)[C@@H]1N. The molecule has 3 rings (SSSR count). The third-order valence-corrected chi connectivity index (χ3v) is 11.5. The standard InChI is InChI=1S/C39H65N4O22P/c1-17(2)8-6-9-18(3)10-7-11-19(4)12-13-57-23(35(52)53)16-59-66(55,56)65-38-33(31(64-39(42)54)30(50)32(62-38)34(41)51)63-36-25(43-20(5)45)24(40)26(46)22(61-36)15-58-37-29(49)28(48)27(47)21(14-44)60-37/h8,10,12,21-33,36-38,44,46-50H,6-7,9,11,13-16,40H2,1-5H3,(H2,41,51)(H2,42,54)(H,43,45)(H,52,53)(H,55,56)/t21?,22?,23?,24-,25?,26-,27-,28+,29?,30?,31+,32?,33+,36+,37-,38?/m1/s1. The van der Waals surface area contributed by atoms with Gasteiger partial charge in [0, 0.05) is 6.92 Å². The Hall–Kier alpha value is -3.51. The second-order valence-electron chi connectivity index (χ2n) is 16.2. The molecule has 3 fully saturated rings. The van der Waals surface area contributed by atoms with Crippen molar-refractivity contribution in [2.75, 3.05) is 26.4 Å². The first-order valence-corrected chi connectivity index (χ1v) is 22.3. The number of primary amides is 2. The van der Waals surface area contributed by atoms with Gasteiger partial charge < -0.3 is 96.3 Å². The van der Waals surface area contributed by atoms with Gasteiger partial charge in [0.25, 0.3) is 0 Å². The van der Waals surface area contributed by atoms with Crippen LogP contribution in [0.5, 0.6) is 0 Å². The summed E-state index contributed by atoms with van der Waals surface area (Å²) in [6, 6.07) is -3.11. The zero-order chi connectivity index (χ0) is 49.6. The van der Waals surface area contributed by atoms with Gasteiger partial charge in [0.05, 0.1) is 44.6 Å². The fourth-order valence-electron chi connectivity index (χ4n) is 6.90. The largest absolute Gasteiger partial charge is 0.479 e. The second kappa shape index (κ2) is 26.3. The van der Waals surface area contributed by atoms with Crippen LogP contribution in [-0.2, 0) is 61.2 Å². The highest BCUT2D eigenvalue weighted by Gasteiger charge is 2.56. The van der Waals surface area contributed by atoms with Crippen LogP contribution in [-0.4, -0.2) is 189 Å². The minimum Gasteiger partial charge on any atom is -0.479 e. The number of aliphatic hydroxyl groups is 6. The van der Waals surface area contributed by atoms with Crippen molar-refractivity contribution in [3.8, 4) is 0 Å². The van der Waals surface area contributed by atoms with Crippen LogP contribution in [0.25, 0.3) is 0 Å². The number of phosphoric acid groups is 1. The third kappa shape index (κ3) is 16.9. The Kier molecular flexibility index (Phi) is 22.6. The number of ether oxygens (including phenoxy) is 7. The summed E-state index contributed by atoms with van der Waals surface area (Å²) in [4.78, 5) is 59.7. The average Bonchev–Trinajstić information content (AvgIpc) is 3.22. The predicted molar refractivity (Wildman–Crippen MR) is 223 cm³/mol. The lowest BCUT2D eigenvalue weighted by Gasteiger charge is -2.48. The van der Waals surface area contributed by atoms with Gasteiger partial charge in [-0.2, -0.15) is 0 Å². The van der Waals surface area contributed by atoms with Crippen molar-refractivity contribution in [2.45, 2.75) is 158 Å². The normalized spacial score (nSPS) is 34.4. The van der Waals surface area contributed by atoms with Crippen molar-refractivity contribution in [1.82, 2.24) is 5.32 Å². The van der Waals surface area contributed by atoms with E-state index in [2.05, 4.69) is 17.5 Å². The van der Waals surface area contributed by atoms with Crippen LogP contribution in [0.4, 0.5) is 4.79 Å². The molecule has 0 aromatic rings. The summed E-state index contributed by atoms with van der Waals surface area (Å²) in [5, 5.41) is 74.7. The number of carbonyl (C=O) groups is 4. The van der Waals surface area contributed by atoms with Gasteiger partial charge >= 0.3 is 19.9 Å². The molecule has 3 saturated heterocycles. The minimum absolute atomic E-state index is 0.236. The van der Waals surface area contributed by atoms with Gasteiger partial charge in [-0.05, 0) is 53.4 Å². The molecule has 0 aliphatic carbocycles. The number of nitrogens with two attached hydrogens (primary N) is 3. The Morgan fingerprint density at radius 1 is 0.788 bits per heavy atom. The second-order valence-corrected chi connectivity index (χ2v) is 17.6. The van der Waals surface area contributed by atoms with E-state index in [1.807, 2.05) is 27.7 Å². The number of aliphatic hydroxyl groups excluding tert-OH is 6. The number of aliphatic carboxylic acids is 1. The van der Waals surface area contributed by atoms with Crippen molar-refractivity contribution >= 4 is 31.7 Å². The Labute approximate surface area is 380 Å². The van der Waals surface area contributed by atoms with E-state index < -0.39 is 150 Å². The van der Waals surface area contributed by atoms with Gasteiger partial charge in [0.2, 0.25) is 11.8 Å². The number of carbonyl (C=O) groups excluding carboxylic acids is 3. The van der Waals surface area contributed by atoms with E-state index in [-0.39, 0.29) is 6.61 Å². The van der Waals surface area contributed by atoms with Crippen molar-refractivity contribution in [3.05, 3.63) is 34.9 Å². The molecule has 66 heavy (non-hydrogen) atoms. The molecule has 378 valence electrons. The fraction of sp³-hybridized carbons (Fsp3) is 0.744. The first-order chi connectivity index (χ1) is 30.9. The molecule has 3 heterocycles. The Morgan fingerprint density at radius 3 is 1.98 bits per heavy atom. The molecule has 27 heteroatoms. The number of rotatable bonds is 24. The van der Waals surface area contributed by atoms with Gasteiger partial charge in [-0.15, -0.1) is 0 Å². The topological polar surface area (TPSA) is 420 Å². The highest BCUT2D eigenvalue weighted by atomic mass is 31.2. The van der Waals surface area contributed by atoms with E-state index in [1.54, 1.807) is 6.08 Å². The summed E-state index contributed by atoms with van der Waals surface area (Å²) in [6.45, 7) is 6.05. The Bertz CT molecular complexity index is 1770. The average molecular weight is 973 g/mol. The highest BCUT2D eigenvalue weighted by molar-refractivity contribution is 7.47. The molecule has 0 bridgehead atoms. The molecule has 3 aliphatic rings. The molecular formula is C39H65N4O22P. The van der Waals surface area contributed by atoms with Crippen molar-refractivity contribution in [3.63, 3.8) is 0 Å². The van der Waals surface area contributed by atoms with E-state index in [1.165, 1.54) is 11.1 Å². The summed E-state index contributed by atoms with van der Waals surface area (Å²) >= 11 is 0. The summed E-state index contributed by atoms with van der Waals surface area (Å²) in [6.07, 6.45) is -19.5. The van der Waals surface area contributed by atoms with E-state index in [0.717, 1.165) is 31.8 Å². The van der Waals surface area contributed by atoms with Crippen molar-refractivity contribution in [1.29, 1.82) is 0 Å². The molecule has 3 aliphatic heterocycles. The van der Waals surface area contributed by atoms with Gasteiger partial charge in [0.1, 0.15) is 36.6 Å². The van der Waals surface area contributed by atoms with Crippen molar-refractivity contribution in [2.24, 2.45) is 17.2 Å². The number of carboxylic acids is 1. The highest BCUT2D eigenvalue weighted by Crippen LogP contribution is 2.47. The molecule has 9 unspecified atom stereocenters. The molecular weight excluding hydrogens is 907 g/mol. The van der Waals surface area contributed by atoms with E-state index >= 15 is 0 Å². The molecule has 3 amide bonds. The van der Waals surface area contributed by atoms with Crippen LogP contribution in [0.15, 0.2) is 34.9 Å². The number of amides is 3. The van der Waals surface area contributed by atoms with Gasteiger partial charge in [0.15, 0.2) is 43.3 Å². The maximum Gasteiger partial charge on any atom is 0.474 e. The van der Waals surface area contributed by atoms with Crippen LogP contribution in [0, 0.1) is 0 Å². The number of carboxylic acid groups (broad SMARTS) is 1. The van der Waals surface area contributed by atoms with Crippen LogP contribution in [0.3, 0.4) is 0 Å². The van der Waals surface area contributed by atoms with Crippen LogP contribution >= 0.6 is 7.82 Å². The molecule has 0 saturated carbocycles. The lowest BCUT2D eigenvalue weighted by atomic mass is 9.94. The zero-order valence-corrected chi connectivity index (χ0v) is 38.0. The number of allylic oxidation sites excluding steroid dienone is 5. The van der Waals surface area contributed by atoms with Gasteiger partial charge in [-0.3, -0.25) is 18.6 Å². The van der Waals surface area contributed by atoms with E-state index in [4.69, 9.17) is 59.4 Å². The molecule has 0 radical (unpaired) electrons. The first-order valence-electron chi connectivity index (χ1n) is 20.8. The van der Waals surface area contributed by atoms with E-state index in [0.29, 0.717) is 6.42 Å². The first kappa shape index (κ1) is 56.8. The molecule has 15 N–H and O–H groups in total. The molecule has 0 aromatic carbocycles. The molecule has 0 aromatic heterocycles. The zero-order valence-electron chi connectivity index (χ0n) is 37.1. The van der Waals surface area contributed by atoms with Crippen LogP contribution < -0.4 is 22.5 Å². The predicted octanol–water partition coefficient (Wildman–Crippen LogP) is -2.84. The number of nitrogens with one attached hydrogen (secondary N) is 1. The lowest BCUT2D eigenvalue weighted by molar-refractivity contribution is -0.341. The number of hydrogen-bond donors (Lipinski definition) is 12. The monoisotopic (exact) mass is 972 g/mol. The van der Waals surface area contributed by atoms with Crippen LogP contribution in [0.2, 0.25) is 0 Å². The van der Waals surface area contributed by atoms with Gasteiger partial charge in [-0.1, -0.05) is 34.9 Å². The summed E-state index contributed by atoms with van der Waals surface area (Å²) < 4.78 is 62.0. The van der Waals surface area contributed by atoms with E-state index in [9.17, 15) is 64.4 Å². The number of hydrogen-bond acceptors (Lipinski definition) is 21. The Morgan fingerprint density at radius 2 is 1.41 bits per heavy atom. The number of phosphoric ester groups is 1. The maximum atomic E-state index is 13.5. The smallest absolute Gasteiger partial charge is 0.474 e. The fourth-order valence-corrected chi connectivity index (χ4v) is 7.72. The summed E-state index contributed by atoms with van der Waals surface area (Å²) in [7, 11) is -5.56. The van der Waals surface area contributed by atoms with Crippen LogP contribution in [0.1, 0.15) is 60.3 Å². The molecule has 0 spiro atoms.